The molecule has 4 nitrogen and oxygen atoms in total. The zero-order chi connectivity index (χ0) is 14.8. The van der Waals surface area contributed by atoms with Crippen molar-refractivity contribution < 1.29 is 4.79 Å². The number of carbonyl (C=O) groups is 1. The smallest absolute Gasteiger partial charge is 0.263 e. The molecule has 1 aromatic carbocycles. The van der Waals surface area contributed by atoms with Gasteiger partial charge < -0.3 is 10.6 Å². The second kappa shape index (κ2) is 9.16. The number of halogens is 1. The van der Waals surface area contributed by atoms with Gasteiger partial charge in [-0.25, -0.2) is 0 Å². The molecule has 106 valence electrons. The normalized spacial score (nSPS) is 10.8. The van der Waals surface area contributed by atoms with Gasteiger partial charge in [-0.15, -0.1) is 0 Å². The fraction of sp³-hybridized carbons (Fsp3) is 0.333. The molecular formula is C15H18BrN3O. The first-order valence-corrected chi connectivity index (χ1v) is 7.33. The first-order valence-electron chi connectivity index (χ1n) is 6.53. The van der Waals surface area contributed by atoms with Crippen molar-refractivity contribution in [2.45, 2.75) is 19.8 Å². The Morgan fingerprint density at radius 1 is 1.35 bits per heavy atom. The third-order valence-corrected chi connectivity index (χ3v) is 3.15. The molecule has 0 spiro atoms. The van der Waals surface area contributed by atoms with Crippen LogP contribution < -0.4 is 10.6 Å². The summed E-state index contributed by atoms with van der Waals surface area (Å²) in [7, 11) is 0. The molecule has 0 saturated heterocycles. The topological polar surface area (TPSA) is 64.9 Å². The molecule has 0 unspecified atom stereocenters. The molecule has 2 N–H and O–H groups in total. The third-order valence-electron chi connectivity index (χ3n) is 2.62. The number of nitrogens with one attached hydrogen (secondary N) is 2. The molecule has 0 fully saturated rings. The minimum Gasteiger partial charge on any atom is -0.389 e. The van der Waals surface area contributed by atoms with Gasteiger partial charge in [-0.2, -0.15) is 5.26 Å². The van der Waals surface area contributed by atoms with E-state index >= 15 is 0 Å². The van der Waals surface area contributed by atoms with Gasteiger partial charge in [-0.05, 0) is 30.5 Å². The molecule has 0 atom stereocenters. The number of benzene rings is 1. The van der Waals surface area contributed by atoms with E-state index in [1.165, 1.54) is 11.8 Å². The van der Waals surface area contributed by atoms with Crippen molar-refractivity contribution in [1.82, 2.24) is 10.6 Å². The van der Waals surface area contributed by atoms with E-state index in [2.05, 4.69) is 26.6 Å². The highest BCUT2D eigenvalue weighted by molar-refractivity contribution is 9.10. The van der Waals surface area contributed by atoms with Crippen LogP contribution in [-0.4, -0.2) is 19.0 Å². The van der Waals surface area contributed by atoms with Gasteiger partial charge in [0.1, 0.15) is 11.6 Å². The van der Waals surface area contributed by atoms with Gasteiger partial charge in [0.25, 0.3) is 5.91 Å². The van der Waals surface area contributed by atoms with E-state index in [-0.39, 0.29) is 11.5 Å². The molecule has 0 heterocycles. The number of rotatable bonds is 7. The van der Waals surface area contributed by atoms with Crippen LogP contribution in [0.4, 0.5) is 0 Å². The van der Waals surface area contributed by atoms with Crippen LogP contribution in [0.15, 0.2) is 40.5 Å². The van der Waals surface area contributed by atoms with Crippen molar-refractivity contribution in [2.75, 3.05) is 13.1 Å². The van der Waals surface area contributed by atoms with E-state index in [0.29, 0.717) is 13.1 Å². The molecule has 1 aromatic rings. The van der Waals surface area contributed by atoms with Gasteiger partial charge in [0.2, 0.25) is 0 Å². The number of nitrogens with zero attached hydrogens (tertiary/aromatic N) is 1. The van der Waals surface area contributed by atoms with E-state index < -0.39 is 0 Å². The summed E-state index contributed by atoms with van der Waals surface area (Å²) in [5.41, 5.74) is 1.30. The molecule has 0 saturated carbocycles. The Kier molecular flexibility index (Phi) is 7.44. The molecule has 5 heteroatoms. The lowest BCUT2D eigenvalue weighted by Crippen LogP contribution is -2.26. The van der Waals surface area contributed by atoms with Crippen LogP contribution in [0.25, 0.3) is 0 Å². The fourth-order valence-corrected chi connectivity index (χ4v) is 1.79. The molecular weight excluding hydrogens is 318 g/mol. The standard InChI is InChI=1S/C15H18BrN3O/c1-2-8-19-15(20)13(10-17)11-18-9-7-12-3-5-14(16)6-4-12/h3-6,11,18H,2,7-9H2,1H3,(H,19,20)/b13-11-. The molecule has 20 heavy (non-hydrogen) atoms. The number of carbonyl (C=O) groups excluding carboxylic acids is 1. The Hall–Kier alpha value is -1.80. The lowest BCUT2D eigenvalue weighted by Gasteiger charge is -2.04. The second-order valence-electron chi connectivity index (χ2n) is 4.26. The van der Waals surface area contributed by atoms with E-state index in [9.17, 15) is 4.79 Å². The average molecular weight is 336 g/mol. The summed E-state index contributed by atoms with van der Waals surface area (Å²) in [6.45, 7) is 3.22. The van der Waals surface area contributed by atoms with Gasteiger partial charge in [-0.1, -0.05) is 35.0 Å². The largest absolute Gasteiger partial charge is 0.389 e. The summed E-state index contributed by atoms with van der Waals surface area (Å²) >= 11 is 3.39. The third kappa shape index (κ3) is 5.89. The van der Waals surface area contributed by atoms with Crippen molar-refractivity contribution in [3.63, 3.8) is 0 Å². The van der Waals surface area contributed by atoms with Gasteiger partial charge in [-0.3, -0.25) is 4.79 Å². The predicted molar refractivity (Wildman–Crippen MR) is 82.8 cm³/mol. The maximum absolute atomic E-state index is 11.6. The van der Waals surface area contributed by atoms with Gasteiger partial charge in [0.05, 0.1) is 0 Å². The minimum absolute atomic E-state index is 0.106. The summed E-state index contributed by atoms with van der Waals surface area (Å²) < 4.78 is 1.05. The maximum atomic E-state index is 11.6. The minimum atomic E-state index is -0.328. The number of hydrogen-bond donors (Lipinski definition) is 2. The first kappa shape index (κ1) is 16.3. The first-order chi connectivity index (χ1) is 9.67. The van der Waals surface area contributed by atoms with Crippen LogP contribution in [0.2, 0.25) is 0 Å². The highest BCUT2D eigenvalue weighted by Crippen LogP contribution is 2.10. The van der Waals surface area contributed by atoms with E-state index in [1.54, 1.807) is 0 Å². The maximum Gasteiger partial charge on any atom is 0.263 e. The van der Waals surface area contributed by atoms with Crippen LogP contribution in [0.3, 0.4) is 0 Å². The lowest BCUT2D eigenvalue weighted by atomic mass is 10.1. The van der Waals surface area contributed by atoms with Gasteiger partial charge >= 0.3 is 0 Å². The van der Waals surface area contributed by atoms with Gasteiger partial charge in [0, 0.05) is 23.8 Å². The van der Waals surface area contributed by atoms with E-state index in [0.717, 1.165) is 17.3 Å². The van der Waals surface area contributed by atoms with Crippen LogP contribution in [0, 0.1) is 11.3 Å². The molecule has 0 bridgehead atoms. The molecule has 1 rings (SSSR count). The Morgan fingerprint density at radius 2 is 2.05 bits per heavy atom. The lowest BCUT2D eigenvalue weighted by molar-refractivity contribution is -0.117. The van der Waals surface area contributed by atoms with Crippen molar-refractivity contribution in [2.24, 2.45) is 0 Å². The fourth-order valence-electron chi connectivity index (χ4n) is 1.52. The Balaban J connectivity index is 2.40. The number of nitriles is 1. The Labute approximate surface area is 128 Å². The Bertz CT molecular complexity index is 503. The molecule has 0 aromatic heterocycles. The second-order valence-corrected chi connectivity index (χ2v) is 5.17. The highest BCUT2D eigenvalue weighted by Gasteiger charge is 2.06. The molecule has 0 radical (unpaired) electrons. The zero-order valence-electron chi connectivity index (χ0n) is 11.4. The molecule has 0 aliphatic heterocycles. The summed E-state index contributed by atoms with van der Waals surface area (Å²) in [4.78, 5) is 11.6. The van der Waals surface area contributed by atoms with Crippen molar-refractivity contribution in [1.29, 1.82) is 5.26 Å². The van der Waals surface area contributed by atoms with Crippen LogP contribution >= 0.6 is 15.9 Å². The summed E-state index contributed by atoms with van der Waals surface area (Å²) in [6.07, 6.45) is 3.16. The van der Waals surface area contributed by atoms with Crippen molar-refractivity contribution in [3.8, 4) is 6.07 Å². The van der Waals surface area contributed by atoms with Crippen molar-refractivity contribution >= 4 is 21.8 Å². The van der Waals surface area contributed by atoms with Crippen LogP contribution in [0.5, 0.6) is 0 Å². The highest BCUT2D eigenvalue weighted by atomic mass is 79.9. The molecule has 1 amide bonds. The zero-order valence-corrected chi connectivity index (χ0v) is 13.0. The summed E-state index contributed by atoms with van der Waals surface area (Å²) in [6, 6.07) is 9.95. The van der Waals surface area contributed by atoms with Crippen LogP contribution in [-0.2, 0) is 11.2 Å². The SMILES string of the molecule is CCCNC(=O)/C(C#N)=C\NCCc1ccc(Br)cc1. The monoisotopic (exact) mass is 335 g/mol. The van der Waals surface area contributed by atoms with E-state index in [4.69, 9.17) is 5.26 Å². The average Bonchev–Trinajstić information content (AvgIpc) is 2.46. The summed E-state index contributed by atoms with van der Waals surface area (Å²) in [5, 5.41) is 14.6. The van der Waals surface area contributed by atoms with Gasteiger partial charge in [0.15, 0.2) is 0 Å². The number of amides is 1. The number of hydrogen-bond acceptors (Lipinski definition) is 3. The van der Waals surface area contributed by atoms with E-state index in [1.807, 2.05) is 37.3 Å². The quantitative estimate of drug-likeness (QED) is 0.457. The molecule has 0 aliphatic rings. The van der Waals surface area contributed by atoms with Crippen LogP contribution in [0.1, 0.15) is 18.9 Å². The molecule has 0 aliphatic carbocycles. The predicted octanol–water partition coefficient (Wildman–Crippen LogP) is 2.51. The summed E-state index contributed by atoms with van der Waals surface area (Å²) in [5.74, 6) is -0.328. The van der Waals surface area contributed by atoms with Crippen molar-refractivity contribution in [3.05, 3.63) is 46.1 Å². The Morgan fingerprint density at radius 3 is 2.65 bits per heavy atom.